The van der Waals surface area contributed by atoms with Crippen LogP contribution >= 0.6 is 15.8 Å². The molecule has 2 fully saturated rings. The van der Waals surface area contributed by atoms with E-state index in [1.807, 2.05) is 6.21 Å². The van der Waals surface area contributed by atoms with Crippen LogP contribution in [0.3, 0.4) is 0 Å². The van der Waals surface area contributed by atoms with Crippen molar-refractivity contribution in [3.63, 3.8) is 0 Å². The number of nitrogens with zero attached hydrogens (tertiary/aromatic N) is 2. The second-order valence-corrected chi connectivity index (χ2v) is 16.6. The van der Waals surface area contributed by atoms with Crippen molar-refractivity contribution in [1.82, 2.24) is 4.98 Å². The molecule has 1 heterocycles. The van der Waals surface area contributed by atoms with Gasteiger partial charge in [0.2, 0.25) is 0 Å². The molecule has 0 aliphatic heterocycles. The summed E-state index contributed by atoms with van der Waals surface area (Å²) in [6.45, 7) is 0. The van der Waals surface area contributed by atoms with E-state index in [0.29, 0.717) is 0 Å². The Kier molecular flexibility index (Phi) is 10.1. The highest BCUT2D eigenvalue weighted by Crippen LogP contribution is 2.57. The van der Waals surface area contributed by atoms with Crippen LogP contribution in [-0.4, -0.2) is 22.5 Å². The van der Waals surface area contributed by atoms with Crippen molar-refractivity contribution in [2.75, 3.05) is 0 Å². The maximum Gasteiger partial charge on any atom is 0.0816 e. The van der Waals surface area contributed by atoms with Gasteiger partial charge in [0.1, 0.15) is 0 Å². The van der Waals surface area contributed by atoms with Crippen molar-refractivity contribution in [2.45, 2.75) is 81.7 Å². The summed E-state index contributed by atoms with van der Waals surface area (Å²) >= 11 is 0. The summed E-state index contributed by atoms with van der Waals surface area (Å²) in [6.07, 6.45) is 17.6. The molecule has 6 rings (SSSR count). The van der Waals surface area contributed by atoms with Gasteiger partial charge in [-0.05, 0) is 73.7 Å². The first-order valence-electron chi connectivity index (χ1n) is 15.6. The fourth-order valence-electron chi connectivity index (χ4n) is 6.71. The molecule has 3 aromatic carbocycles. The van der Waals surface area contributed by atoms with Gasteiger partial charge in [-0.3, -0.25) is 9.98 Å². The van der Waals surface area contributed by atoms with Gasteiger partial charge in [0.25, 0.3) is 0 Å². The van der Waals surface area contributed by atoms with Gasteiger partial charge >= 0.3 is 0 Å². The highest BCUT2D eigenvalue weighted by atomic mass is 31.1. The van der Waals surface area contributed by atoms with Crippen LogP contribution in [0.1, 0.15) is 75.6 Å². The number of aromatic nitrogens is 1. The van der Waals surface area contributed by atoms with Gasteiger partial charge in [-0.1, -0.05) is 131 Å². The lowest BCUT2D eigenvalue weighted by molar-refractivity contribution is 0.484. The van der Waals surface area contributed by atoms with E-state index in [0.717, 1.165) is 22.7 Å². The van der Waals surface area contributed by atoms with Crippen molar-refractivity contribution in [3.8, 4) is 0 Å². The van der Waals surface area contributed by atoms with E-state index in [4.69, 9.17) is 9.98 Å². The molecule has 210 valence electrons. The first-order valence-corrected chi connectivity index (χ1v) is 18.6. The van der Waals surface area contributed by atoms with Gasteiger partial charge in [-0.15, -0.1) is 0 Å². The highest BCUT2D eigenvalue weighted by molar-refractivity contribution is 7.80. The van der Waals surface area contributed by atoms with Gasteiger partial charge in [0, 0.05) is 17.2 Å². The first-order chi connectivity index (χ1) is 20.3. The minimum absolute atomic E-state index is 0.00852. The van der Waals surface area contributed by atoms with E-state index < -0.39 is 7.92 Å². The van der Waals surface area contributed by atoms with E-state index in [-0.39, 0.29) is 7.92 Å². The normalized spacial score (nSPS) is 17.0. The molecule has 0 unspecified atom stereocenters. The minimum atomic E-state index is -0.712. The molecule has 2 saturated carbocycles. The number of para-hydroxylation sites is 1. The van der Waals surface area contributed by atoms with Crippen LogP contribution in [0.2, 0.25) is 0 Å². The molecule has 0 radical (unpaired) electrons. The predicted octanol–water partition coefficient (Wildman–Crippen LogP) is 9.24. The molecule has 0 atom stereocenters. The molecule has 2 nitrogen and oxygen atoms in total. The maximum atomic E-state index is 5.18. The zero-order chi connectivity index (χ0) is 27.7. The molecular weight excluding hydrogens is 534 g/mol. The van der Waals surface area contributed by atoms with Gasteiger partial charge in [-0.25, -0.2) is 0 Å². The Labute approximate surface area is 249 Å². The van der Waals surface area contributed by atoms with Crippen LogP contribution in [0.5, 0.6) is 0 Å². The van der Waals surface area contributed by atoms with Crippen molar-refractivity contribution in [2.24, 2.45) is 4.99 Å². The Morgan fingerprint density at radius 1 is 0.610 bits per heavy atom. The lowest BCUT2D eigenvalue weighted by atomic mass is 9.99. The monoisotopic (exact) mass is 576 g/mol. The quantitative estimate of drug-likeness (QED) is 0.144. The molecule has 1 aromatic heterocycles. The molecule has 41 heavy (non-hydrogen) atoms. The Morgan fingerprint density at radius 3 is 1.78 bits per heavy atom. The van der Waals surface area contributed by atoms with Crippen LogP contribution < -0.4 is 15.9 Å². The third-order valence-electron chi connectivity index (χ3n) is 8.75. The molecule has 2 aliphatic rings. The molecular formula is C37H42N2P2. The number of benzene rings is 3. The van der Waals surface area contributed by atoms with Crippen molar-refractivity contribution in [1.29, 1.82) is 0 Å². The van der Waals surface area contributed by atoms with E-state index in [1.165, 1.54) is 92.0 Å². The van der Waals surface area contributed by atoms with Crippen molar-refractivity contribution < 1.29 is 0 Å². The Balaban J connectivity index is 1.26. The number of pyridine rings is 1. The third-order valence-corrected chi connectivity index (χ3v) is 14.8. The molecule has 0 saturated heterocycles. The van der Waals surface area contributed by atoms with Gasteiger partial charge in [0.15, 0.2) is 0 Å². The standard InChI is InChI=1S/C37H42N2P2/c1-5-18-32(19-6-1)40(33-20-7-2-8-21-33)29-31-17-15-16-30(39-31)28-38-36-26-13-14-27-37(36)41(34-22-9-3-10-23-34)35-24-11-4-12-25-35/h3-4,9-17,22-28,32-33H,1-2,5-8,18-21,29H2/b38-28+. The largest absolute Gasteiger partial charge is 0.254 e. The summed E-state index contributed by atoms with van der Waals surface area (Å²) < 4.78 is 0. The molecule has 0 bridgehead atoms. The lowest BCUT2D eigenvalue weighted by Crippen LogP contribution is -2.21. The van der Waals surface area contributed by atoms with Gasteiger partial charge in [-0.2, -0.15) is 0 Å². The first kappa shape index (κ1) is 28.5. The number of hydrogen-bond donors (Lipinski definition) is 0. The second-order valence-electron chi connectivity index (χ2n) is 11.6. The van der Waals surface area contributed by atoms with Crippen LogP contribution in [0.4, 0.5) is 5.69 Å². The Morgan fingerprint density at radius 2 is 1.17 bits per heavy atom. The average molecular weight is 577 g/mol. The number of hydrogen-bond acceptors (Lipinski definition) is 2. The van der Waals surface area contributed by atoms with E-state index in [2.05, 4.69) is 103 Å². The van der Waals surface area contributed by atoms with Crippen LogP contribution in [0.15, 0.2) is 108 Å². The molecule has 0 spiro atoms. The van der Waals surface area contributed by atoms with Crippen molar-refractivity contribution >= 4 is 43.7 Å². The Bertz CT molecular complexity index is 1340. The van der Waals surface area contributed by atoms with Gasteiger partial charge < -0.3 is 0 Å². The molecule has 4 aromatic rings. The highest BCUT2D eigenvalue weighted by Gasteiger charge is 2.31. The number of aliphatic imine (C=N–C) groups is 1. The van der Waals surface area contributed by atoms with E-state index >= 15 is 0 Å². The summed E-state index contributed by atoms with van der Waals surface area (Å²) in [4.78, 5) is 10.3. The Hall–Kier alpha value is -2.66. The van der Waals surface area contributed by atoms with Crippen molar-refractivity contribution in [3.05, 3.63) is 115 Å². The van der Waals surface area contributed by atoms with Gasteiger partial charge in [0.05, 0.1) is 17.6 Å². The smallest absolute Gasteiger partial charge is 0.0816 e. The average Bonchev–Trinajstić information content (AvgIpc) is 3.05. The van der Waals surface area contributed by atoms with E-state index in [9.17, 15) is 0 Å². The minimum Gasteiger partial charge on any atom is -0.254 e. The zero-order valence-electron chi connectivity index (χ0n) is 24.1. The summed E-state index contributed by atoms with van der Waals surface area (Å²) in [6, 6.07) is 37.0. The summed E-state index contributed by atoms with van der Waals surface area (Å²) in [5, 5.41) is 3.97. The van der Waals surface area contributed by atoms with E-state index in [1.54, 1.807) is 0 Å². The molecule has 4 heteroatoms. The van der Waals surface area contributed by atoms with Crippen LogP contribution in [0, 0.1) is 0 Å². The fourth-order valence-corrected chi connectivity index (χ4v) is 12.8. The molecule has 0 amide bonds. The summed E-state index contributed by atoms with van der Waals surface area (Å²) in [5.41, 5.74) is 5.18. The second kappa shape index (κ2) is 14.5. The van der Waals surface area contributed by atoms with Crippen LogP contribution in [-0.2, 0) is 6.16 Å². The lowest BCUT2D eigenvalue weighted by Gasteiger charge is -2.38. The van der Waals surface area contributed by atoms with Crippen LogP contribution in [0.25, 0.3) is 0 Å². The summed E-state index contributed by atoms with van der Waals surface area (Å²) in [7, 11) is -0.720. The SMILES string of the molecule is C(=N\c1ccccc1P(c1ccccc1)c1ccccc1)/c1cccc(CP(C2CCCCC2)C2CCCCC2)n1. The maximum absolute atomic E-state index is 5.18. The third kappa shape index (κ3) is 7.41. The zero-order valence-corrected chi connectivity index (χ0v) is 25.9. The summed E-state index contributed by atoms with van der Waals surface area (Å²) in [5.74, 6) is 0. The number of rotatable bonds is 9. The molecule has 2 aliphatic carbocycles. The predicted molar refractivity (Wildman–Crippen MR) is 181 cm³/mol. The fraction of sp³-hybridized carbons (Fsp3) is 0.351. The topological polar surface area (TPSA) is 25.2 Å². The molecule has 0 N–H and O–H groups in total.